The van der Waals surface area contributed by atoms with Crippen LogP contribution in [0.1, 0.15) is 30.2 Å². The van der Waals surface area contributed by atoms with Crippen LogP contribution >= 0.6 is 0 Å². The SMILES string of the molecule is CCCc1cc(CC(=O)OC)ccc1OCc1ccc2ccccc2n1. The van der Waals surface area contributed by atoms with Gasteiger partial charge < -0.3 is 9.47 Å². The summed E-state index contributed by atoms with van der Waals surface area (Å²) in [5, 5.41) is 1.12. The Hall–Kier alpha value is -2.88. The maximum Gasteiger partial charge on any atom is 0.309 e. The smallest absolute Gasteiger partial charge is 0.309 e. The van der Waals surface area contributed by atoms with Gasteiger partial charge >= 0.3 is 5.97 Å². The molecule has 0 unspecified atom stereocenters. The summed E-state index contributed by atoms with van der Waals surface area (Å²) in [5.41, 5.74) is 3.91. The number of aryl methyl sites for hydroxylation is 1. The fraction of sp³-hybridized carbons (Fsp3) is 0.273. The summed E-state index contributed by atoms with van der Waals surface area (Å²) in [4.78, 5) is 16.1. The third kappa shape index (κ3) is 4.39. The largest absolute Gasteiger partial charge is 0.487 e. The van der Waals surface area contributed by atoms with Gasteiger partial charge in [0.25, 0.3) is 0 Å². The quantitative estimate of drug-likeness (QED) is 0.590. The molecule has 0 saturated carbocycles. The number of hydrogen-bond acceptors (Lipinski definition) is 4. The number of carbonyl (C=O) groups is 1. The normalized spacial score (nSPS) is 10.7. The molecule has 0 radical (unpaired) electrons. The van der Waals surface area contributed by atoms with Gasteiger partial charge in [0.2, 0.25) is 0 Å². The molecule has 0 saturated heterocycles. The van der Waals surface area contributed by atoms with Crippen molar-refractivity contribution in [1.29, 1.82) is 0 Å². The van der Waals surface area contributed by atoms with Gasteiger partial charge in [-0.2, -0.15) is 0 Å². The van der Waals surface area contributed by atoms with Crippen molar-refractivity contribution < 1.29 is 14.3 Å². The molecule has 0 spiro atoms. The number of para-hydroxylation sites is 1. The molecule has 2 aromatic carbocycles. The number of aromatic nitrogens is 1. The van der Waals surface area contributed by atoms with Crippen molar-refractivity contribution in [2.75, 3.05) is 7.11 Å². The number of ether oxygens (including phenoxy) is 2. The Morgan fingerprint density at radius 2 is 1.92 bits per heavy atom. The Morgan fingerprint density at radius 3 is 2.73 bits per heavy atom. The fourth-order valence-corrected chi connectivity index (χ4v) is 2.93. The lowest BCUT2D eigenvalue weighted by molar-refractivity contribution is -0.139. The molecule has 3 aromatic rings. The first-order valence-corrected chi connectivity index (χ1v) is 8.85. The van der Waals surface area contributed by atoms with E-state index in [4.69, 9.17) is 9.47 Å². The zero-order valence-electron chi connectivity index (χ0n) is 15.2. The molecular formula is C22H23NO3. The molecule has 4 nitrogen and oxygen atoms in total. The number of carbonyl (C=O) groups excluding carboxylic acids is 1. The summed E-state index contributed by atoms with van der Waals surface area (Å²) in [7, 11) is 1.41. The topological polar surface area (TPSA) is 48.4 Å². The van der Waals surface area contributed by atoms with E-state index < -0.39 is 0 Å². The van der Waals surface area contributed by atoms with Gasteiger partial charge in [0.15, 0.2) is 0 Å². The Kier molecular flexibility index (Phi) is 5.84. The highest BCUT2D eigenvalue weighted by atomic mass is 16.5. The second kappa shape index (κ2) is 8.48. The van der Waals surface area contributed by atoms with Gasteiger partial charge in [-0.3, -0.25) is 4.79 Å². The lowest BCUT2D eigenvalue weighted by Gasteiger charge is -2.13. The first-order chi connectivity index (χ1) is 12.7. The van der Waals surface area contributed by atoms with Crippen LogP contribution in [0.3, 0.4) is 0 Å². The third-order valence-electron chi connectivity index (χ3n) is 4.25. The molecule has 0 aliphatic rings. The summed E-state index contributed by atoms with van der Waals surface area (Å²) in [6.45, 7) is 2.54. The molecule has 0 N–H and O–H groups in total. The Bertz CT molecular complexity index is 905. The van der Waals surface area contributed by atoms with Crippen LogP contribution in [0.15, 0.2) is 54.6 Å². The molecule has 1 aromatic heterocycles. The van der Waals surface area contributed by atoms with Crippen molar-refractivity contribution in [2.45, 2.75) is 32.8 Å². The Balaban J connectivity index is 1.75. The molecule has 3 rings (SSSR count). The lowest BCUT2D eigenvalue weighted by atomic mass is 10.0. The van der Waals surface area contributed by atoms with Crippen molar-refractivity contribution in [2.24, 2.45) is 0 Å². The Morgan fingerprint density at radius 1 is 1.08 bits per heavy atom. The highest BCUT2D eigenvalue weighted by molar-refractivity contribution is 5.78. The van der Waals surface area contributed by atoms with E-state index in [1.54, 1.807) is 0 Å². The molecule has 0 atom stereocenters. The van der Waals surface area contributed by atoms with Crippen LogP contribution in [0, 0.1) is 0 Å². The van der Waals surface area contributed by atoms with Crippen LogP contribution in [-0.2, 0) is 29.0 Å². The predicted molar refractivity (Wildman–Crippen MR) is 102 cm³/mol. The van der Waals surface area contributed by atoms with Crippen molar-refractivity contribution in [3.63, 3.8) is 0 Å². The van der Waals surface area contributed by atoms with Gasteiger partial charge in [0, 0.05) is 5.39 Å². The van der Waals surface area contributed by atoms with Crippen LogP contribution in [0.2, 0.25) is 0 Å². The molecule has 0 bridgehead atoms. The van der Waals surface area contributed by atoms with Crippen molar-refractivity contribution in [3.8, 4) is 5.75 Å². The minimum absolute atomic E-state index is 0.235. The van der Waals surface area contributed by atoms with Crippen LogP contribution in [0.25, 0.3) is 10.9 Å². The summed E-state index contributed by atoms with van der Waals surface area (Å²) in [5.74, 6) is 0.608. The summed E-state index contributed by atoms with van der Waals surface area (Å²) < 4.78 is 10.8. The number of hydrogen-bond donors (Lipinski definition) is 0. The summed E-state index contributed by atoms with van der Waals surface area (Å²) >= 11 is 0. The molecule has 0 aliphatic heterocycles. The predicted octanol–water partition coefficient (Wildman–Crippen LogP) is 4.48. The van der Waals surface area contributed by atoms with E-state index >= 15 is 0 Å². The number of esters is 1. The van der Waals surface area contributed by atoms with Crippen molar-refractivity contribution in [1.82, 2.24) is 4.98 Å². The maximum absolute atomic E-state index is 11.5. The van der Waals surface area contributed by atoms with E-state index in [-0.39, 0.29) is 12.4 Å². The number of benzene rings is 2. The number of rotatable bonds is 7. The lowest BCUT2D eigenvalue weighted by Crippen LogP contribution is -2.06. The minimum Gasteiger partial charge on any atom is -0.487 e. The first kappa shape index (κ1) is 17.9. The summed E-state index contributed by atoms with van der Waals surface area (Å²) in [6, 6.07) is 18.0. The van der Waals surface area contributed by atoms with Crippen LogP contribution in [-0.4, -0.2) is 18.1 Å². The average Bonchev–Trinajstić information content (AvgIpc) is 2.67. The van der Waals surface area contributed by atoms with E-state index in [1.165, 1.54) is 7.11 Å². The molecule has 26 heavy (non-hydrogen) atoms. The number of fused-ring (bicyclic) bond motifs is 1. The maximum atomic E-state index is 11.5. The Labute approximate surface area is 153 Å². The van der Waals surface area contributed by atoms with E-state index in [1.807, 2.05) is 48.5 Å². The third-order valence-corrected chi connectivity index (χ3v) is 4.25. The first-order valence-electron chi connectivity index (χ1n) is 8.85. The number of methoxy groups -OCH3 is 1. The molecule has 0 amide bonds. The molecule has 1 heterocycles. The van der Waals surface area contributed by atoms with Crippen LogP contribution in [0.5, 0.6) is 5.75 Å². The average molecular weight is 349 g/mol. The van der Waals surface area contributed by atoms with Gasteiger partial charge in [0.1, 0.15) is 12.4 Å². The van der Waals surface area contributed by atoms with Crippen LogP contribution < -0.4 is 4.74 Å². The monoisotopic (exact) mass is 349 g/mol. The van der Waals surface area contributed by atoms with Gasteiger partial charge in [-0.25, -0.2) is 4.98 Å². The van der Waals surface area contributed by atoms with Crippen molar-refractivity contribution >= 4 is 16.9 Å². The van der Waals surface area contributed by atoms with E-state index in [0.29, 0.717) is 6.61 Å². The highest BCUT2D eigenvalue weighted by Gasteiger charge is 2.09. The number of pyridine rings is 1. The minimum atomic E-state index is -0.235. The molecule has 134 valence electrons. The van der Waals surface area contributed by atoms with Gasteiger partial charge in [-0.1, -0.05) is 49.7 Å². The van der Waals surface area contributed by atoms with E-state index in [0.717, 1.165) is 46.3 Å². The molecular weight excluding hydrogens is 326 g/mol. The second-order valence-corrected chi connectivity index (χ2v) is 6.23. The van der Waals surface area contributed by atoms with Gasteiger partial charge in [-0.05, 0) is 35.7 Å². The zero-order chi connectivity index (χ0) is 18.4. The zero-order valence-corrected chi connectivity index (χ0v) is 15.2. The molecule has 0 aliphatic carbocycles. The van der Waals surface area contributed by atoms with Gasteiger partial charge in [-0.15, -0.1) is 0 Å². The van der Waals surface area contributed by atoms with Crippen LogP contribution in [0.4, 0.5) is 0 Å². The number of nitrogens with zero attached hydrogens (tertiary/aromatic N) is 1. The van der Waals surface area contributed by atoms with E-state index in [2.05, 4.69) is 18.0 Å². The summed E-state index contributed by atoms with van der Waals surface area (Å²) in [6.07, 6.45) is 2.18. The second-order valence-electron chi connectivity index (χ2n) is 6.23. The molecule has 0 fully saturated rings. The highest BCUT2D eigenvalue weighted by Crippen LogP contribution is 2.23. The standard InChI is InChI=1S/C22H23NO3/c1-3-6-18-13-16(14-22(24)25-2)9-12-21(18)26-15-19-11-10-17-7-4-5-8-20(17)23-19/h4-5,7-13H,3,6,14-15H2,1-2H3. The fourth-order valence-electron chi connectivity index (χ4n) is 2.93. The molecule has 4 heteroatoms. The van der Waals surface area contributed by atoms with Crippen molar-refractivity contribution in [3.05, 3.63) is 71.4 Å². The van der Waals surface area contributed by atoms with Gasteiger partial charge in [0.05, 0.1) is 24.7 Å². The van der Waals surface area contributed by atoms with E-state index in [9.17, 15) is 4.79 Å².